The van der Waals surface area contributed by atoms with Crippen LogP contribution in [0.5, 0.6) is 5.75 Å². The van der Waals surface area contributed by atoms with Gasteiger partial charge in [-0.2, -0.15) is 5.10 Å². The lowest BCUT2D eigenvalue weighted by atomic mass is 10.2. The van der Waals surface area contributed by atoms with Gasteiger partial charge in [-0.1, -0.05) is 0 Å². The summed E-state index contributed by atoms with van der Waals surface area (Å²) < 4.78 is 20.4. The summed E-state index contributed by atoms with van der Waals surface area (Å²) in [5, 5.41) is 17.0. The van der Waals surface area contributed by atoms with E-state index in [4.69, 9.17) is 4.42 Å². The number of thiazole rings is 1. The van der Waals surface area contributed by atoms with Crippen molar-refractivity contribution in [2.24, 2.45) is 10.1 Å². The van der Waals surface area contributed by atoms with Crippen LogP contribution >= 0.6 is 11.3 Å². The van der Waals surface area contributed by atoms with E-state index in [2.05, 4.69) is 28.8 Å². The van der Waals surface area contributed by atoms with Crippen molar-refractivity contribution in [2.75, 3.05) is 18.0 Å². The normalized spacial score (nSPS) is 12.0. The molecule has 1 N–H and O–H groups in total. The van der Waals surface area contributed by atoms with Crippen molar-refractivity contribution in [1.29, 1.82) is 0 Å². The Labute approximate surface area is 189 Å². The van der Waals surface area contributed by atoms with Crippen molar-refractivity contribution in [2.45, 2.75) is 13.8 Å². The topological polar surface area (TPSA) is 66.3 Å². The molecule has 2 aromatic carbocycles. The first-order valence-electron chi connectivity index (χ1n) is 10.3. The zero-order valence-corrected chi connectivity index (χ0v) is 18.6. The fourth-order valence-electron chi connectivity index (χ4n) is 3.26. The first-order chi connectivity index (χ1) is 15.6. The van der Waals surface area contributed by atoms with E-state index in [9.17, 15) is 9.50 Å². The fraction of sp³-hybridized carbons (Fsp3) is 0.167. The number of aromatic hydroxyl groups is 1. The van der Waals surface area contributed by atoms with Crippen LogP contribution < -0.4 is 9.70 Å². The van der Waals surface area contributed by atoms with Crippen molar-refractivity contribution in [1.82, 2.24) is 4.68 Å². The second kappa shape index (κ2) is 9.65. The van der Waals surface area contributed by atoms with Gasteiger partial charge in [-0.25, -0.2) is 14.1 Å². The van der Waals surface area contributed by atoms with Gasteiger partial charge in [0.25, 0.3) is 0 Å². The Morgan fingerprint density at radius 2 is 1.91 bits per heavy atom. The minimum absolute atomic E-state index is 0.144. The average molecular weight is 451 g/mol. The number of nitrogens with zero attached hydrogens (tertiary/aromatic N) is 4. The van der Waals surface area contributed by atoms with Crippen LogP contribution in [0.25, 0.3) is 11.5 Å². The predicted molar refractivity (Wildman–Crippen MR) is 126 cm³/mol. The van der Waals surface area contributed by atoms with Crippen LogP contribution in [0.4, 0.5) is 15.8 Å². The summed E-state index contributed by atoms with van der Waals surface area (Å²) in [4.78, 5) is 7.33. The highest BCUT2D eigenvalue weighted by atomic mass is 32.1. The molecule has 0 atom stereocenters. The summed E-state index contributed by atoms with van der Waals surface area (Å²) in [5.74, 6) is 0.464. The molecule has 4 aromatic rings. The van der Waals surface area contributed by atoms with Crippen molar-refractivity contribution < 1.29 is 13.9 Å². The van der Waals surface area contributed by atoms with Gasteiger partial charge in [0, 0.05) is 35.8 Å². The number of phenols is 1. The zero-order valence-electron chi connectivity index (χ0n) is 17.8. The minimum Gasteiger partial charge on any atom is -0.507 e. The van der Waals surface area contributed by atoms with Gasteiger partial charge in [-0.3, -0.25) is 0 Å². The molecule has 0 radical (unpaired) electrons. The van der Waals surface area contributed by atoms with Crippen molar-refractivity contribution >= 4 is 28.9 Å². The molecule has 0 saturated heterocycles. The SMILES string of the molecule is CCN(CC)c1ccc(C=Nn2c(-c3ccco3)csc2=Nc2ccc(F)cc2)c(O)c1. The van der Waals surface area contributed by atoms with Crippen LogP contribution in [-0.4, -0.2) is 29.1 Å². The van der Waals surface area contributed by atoms with Gasteiger partial charge in [-0.15, -0.1) is 11.3 Å². The van der Waals surface area contributed by atoms with Gasteiger partial charge < -0.3 is 14.4 Å². The summed E-state index contributed by atoms with van der Waals surface area (Å²) in [6.07, 6.45) is 3.18. The Morgan fingerprint density at radius 1 is 1.12 bits per heavy atom. The van der Waals surface area contributed by atoms with Crippen molar-refractivity contribution in [3.8, 4) is 17.2 Å². The molecule has 0 saturated carbocycles. The molecule has 0 fully saturated rings. The van der Waals surface area contributed by atoms with Crippen LogP contribution in [0.15, 0.2) is 80.8 Å². The summed E-state index contributed by atoms with van der Waals surface area (Å²) in [6, 6.07) is 15.1. The maximum atomic E-state index is 13.3. The van der Waals surface area contributed by atoms with E-state index in [-0.39, 0.29) is 11.6 Å². The Morgan fingerprint density at radius 3 is 2.56 bits per heavy atom. The molecule has 4 rings (SSSR count). The quantitative estimate of drug-likeness (QED) is 0.372. The monoisotopic (exact) mass is 450 g/mol. The lowest BCUT2D eigenvalue weighted by Gasteiger charge is -2.21. The van der Waals surface area contributed by atoms with Crippen LogP contribution in [-0.2, 0) is 0 Å². The third kappa shape index (κ3) is 4.65. The van der Waals surface area contributed by atoms with Gasteiger partial charge in [0.2, 0.25) is 4.80 Å². The van der Waals surface area contributed by atoms with Gasteiger partial charge in [0.1, 0.15) is 17.3 Å². The first-order valence-corrected chi connectivity index (χ1v) is 11.1. The van der Waals surface area contributed by atoms with E-state index in [1.807, 2.05) is 23.6 Å². The molecule has 2 heterocycles. The van der Waals surface area contributed by atoms with Gasteiger partial charge >= 0.3 is 0 Å². The van der Waals surface area contributed by atoms with E-state index < -0.39 is 0 Å². The van der Waals surface area contributed by atoms with Crippen LogP contribution in [0.2, 0.25) is 0 Å². The maximum absolute atomic E-state index is 13.3. The number of halogens is 1. The van der Waals surface area contributed by atoms with Gasteiger partial charge in [-0.05, 0) is 62.4 Å². The lowest BCUT2D eigenvalue weighted by Crippen LogP contribution is -2.21. The summed E-state index contributed by atoms with van der Waals surface area (Å²) in [6.45, 7) is 5.86. The Balaban J connectivity index is 1.74. The van der Waals surface area contributed by atoms with Gasteiger partial charge in [0.05, 0.1) is 18.2 Å². The standard InChI is InChI=1S/C24H23FN4O2S/c1-3-28(4-2)20-12-7-17(22(30)14-20)15-26-29-21(23-6-5-13-31-23)16-32-24(29)27-19-10-8-18(25)9-11-19/h5-16,30H,3-4H2,1-2H3. The third-order valence-corrected chi connectivity index (χ3v) is 5.78. The smallest absolute Gasteiger partial charge is 0.211 e. The van der Waals surface area contributed by atoms with Crippen molar-refractivity contribution in [3.05, 3.63) is 82.4 Å². The number of phenolic OH excluding ortho intramolecular Hbond substituents is 1. The van der Waals surface area contributed by atoms with Gasteiger partial charge in [0.15, 0.2) is 5.76 Å². The maximum Gasteiger partial charge on any atom is 0.211 e. The van der Waals surface area contributed by atoms with Crippen LogP contribution in [0, 0.1) is 5.82 Å². The molecule has 6 nitrogen and oxygen atoms in total. The minimum atomic E-state index is -0.319. The fourth-order valence-corrected chi connectivity index (χ4v) is 4.09. The number of hydrogen-bond donors (Lipinski definition) is 1. The summed E-state index contributed by atoms with van der Waals surface area (Å²) in [7, 11) is 0. The number of aromatic nitrogens is 1. The number of furan rings is 1. The molecule has 0 aliphatic rings. The molecule has 164 valence electrons. The molecular weight excluding hydrogens is 427 g/mol. The van der Waals surface area contributed by atoms with Crippen molar-refractivity contribution in [3.63, 3.8) is 0 Å². The second-order valence-electron chi connectivity index (χ2n) is 6.94. The Kier molecular flexibility index (Phi) is 6.51. The molecule has 0 bridgehead atoms. The Hall–Kier alpha value is -3.65. The number of hydrogen-bond acceptors (Lipinski definition) is 6. The van der Waals surface area contributed by atoms with Crippen LogP contribution in [0.3, 0.4) is 0 Å². The molecule has 2 aromatic heterocycles. The highest BCUT2D eigenvalue weighted by Crippen LogP contribution is 2.25. The zero-order chi connectivity index (χ0) is 22.5. The molecule has 0 unspecified atom stereocenters. The molecular formula is C24H23FN4O2S. The summed E-state index contributed by atoms with van der Waals surface area (Å²) >= 11 is 1.38. The molecule has 0 spiro atoms. The highest BCUT2D eigenvalue weighted by Gasteiger charge is 2.11. The molecule has 32 heavy (non-hydrogen) atoms. The second-order valence-corrected chi connectivity index (χ2v) is 7.78. The van der Waals surface area contributed by atoms with E-state index in [0.717, 1.165) is 24.5 Å². The lowest BCUT2D eigenvalue weighted by molar-refractivity contribution is 0.474. The molecule has 8 heteroatoms. The van der Waals surface area contributed by atoms with E-state index in [0.29, 0.717) is 21.8 Å². The summed E-state index contributed by atoms with van der Waals surface area (Å²) in [5.41, 5.74) is 2.86. The number of anilines is 1. The Bertz CT molecular complexity index is 1270. The molecule has 0 aliphatic heterocycles. The van der Waals surface area contributed by atoms with E-state index >= 15 is 0 Å². The number of rotatable bonds is 7. The highest BCUT2D eigenvalue weighted by molar-refractivity contribution is 7.07. The third-order valence-electron chi connectivity index (χ3n) is 4.97. The molecule has 0 amide bonds. The van der Waals surface area contributed by atoms with E-state index in [1.54, 1.807) is 41.4 Å². The first kappa shape index (κ1) is 21.6. The van der Waals surface area contributed by atoms with E-state index in [1.165, 1.54) is 23.5 Å². The largest absolute Gasteiger partial charge is 0.507 e. The van der Waals surface area contributed by atoms with Crippen LogP contribution in [0.1, 0.15) is 19.4 Å². The number of benzene rings is 2. The molecule has 0 aliphatic carbocycles. The predicted octanol–water partition coefficient (Wildman–Crippen LogP) is 5.62. The average Bonchev–Trinajstić information content (AvgIpc) is 3.46.